The van der Waals surface area contributed by atoms with Gasteiger partial charge in [-0.1, -0.05) is 86.1 Å². The molecule has 45 heavy (non-hydrogen) atoms. The van der Waals surface area contributed by atoms with E-state index in [0.29, 0.717) is 60.5 Å². The van der Waals surface area contributed by atoms with Gasteiger partial charge < -0.3 is 20.1 Å². The number of benzene rings is 4. The highest BCUT2D eigenvalue weighted by Crippen LogP contribution is 2.25. The van der Waals surface area contributed by atoms with Crippen molar-refractivity contribution in [2.45, 2.75) is 44.6 Å². The van der Waals surface area contributed by atoms with Gasteiger partial charge in [0.15, 0.2) is 5.78 Å². The Balaban J connectivity index is 1.30. The lowest BCUT2D eigenvalue weighted by Crippen LogP contribution is -2.33. The second kappa shape index (κ2) is 16.8. The Labute approximate surface area is 263 Å². The van der Waals surface area contributed by atoms with Crippen LogP contribution < -0.4 is 15.4 Å². The third kappa shape index (κ3) is 9.25. The van der Waals surface area contributed by atoms with E-state index in [9.17, 15) is 18.8 Å². The van der Waals surface area contributed by atoms with Gasteiger partial charge in [0.05, 0.1) is 19.6 Å². The van der Waals surface area contributed by atoms with Gasteiger partial charge in [0, 0.05) is 35.3 Å². The van der Waals surface area contributed by atoms with E-state index in [4.69, 9.17) is 9.47 Å². The summed E-state index contributed by atoms with van der Waals surface area (Å²) in [6.45, 7) is 2.77. The van der Waals surface area contributed by atoms with E-state index in [1.165, 1.54) is 13.2 Å². The van der Waals surface area contributed by atoms with E-state index in [0.717, 1.165) is 12.0 Å². The van der Waals surface area contributed by atoms with Crippen LogP contribution >= 0.6 is 0 Å². The van der Waals surface area contributed by atoms with Crippen molar-refractivity contribution in [1.82, 2.24) is 5.32 Å². The molecule has 0 radical (unpaired) electrons. The number of methoxy groups -OCH3 is 1. The first-order valence-electron chi connectivity index (χ1n) is 15.2. The molecule has 0 spiro atoms. The van der Waals surface area contributed by atoms with Crippen LogP contribution in [0.25, 0.3) is 0 Å². The van der Waals surface area contributed by atoms with Gasteiger partial charge in [-0.2, -0.15) is 0 Å². The first-order valence-corrected chi connectivity index (χ1v) is 15.2. The third-order valence-electron chi connectivity index (χ3n) is 7.45. The van der Waals surface area contributed by atoms with Crippen LogP contribution in [0, 0.1) is 5.82 Å². The molecule has 2 atom stereocenters. The maximum atomic E-state index is 14.3. The number of ether oxygens (including phenoxy) is 2. The molecule has 4 aromatic rings. The number of rotatable bonds is 16. The minimum atomic E-state index is -0.726. The van der Waals surface area contributed by atoms with Gasteiger partial charge >= 0.3 is 5.97 Å². The van der Waals surface area contributed by atoms with Gasteiger partial charge in [-0.25, -0.2) is 9.18 Å². The monoisotopic (exact) mass is 610 g/mol. The highest BCUT2D eigenvalue weighted by Gasteiger charge is 2.23. The molecule has 8 heteroatoms. The summed E-state index contributed by atoms with van der Waals surface area (Å²) >= 11 is 0. The summed E-state index contributed by atoms with van der Waals surface area (Å²) in [6.07, 6.45) is 2.25. The number of nitrogens with one attached hydrogen (secondary N) is 2. The van der Waals surface area contributed by atoms with Crippen LogP contribution in [0.5, 0.6) is 5.75 Å². The van der Waals surface area contributed by atoms with Crippen LogP contribution in [0.1, 0.15) is 59.2 Å². The van der Waals surface area contributed by atoms with E-state index in [-0.39, 0.29) is 17.5 Å². The molecule has 0 heterocycles. The molecule has 0 aliphatic carbocycles. The number of carbonyl (C=O) groups is 3. The molecular weight excluding hydrogens is 571 g/mol. The molecule has 4 rings (SSSR count). The number of hydrogen-bond donors (Lipinski definition) is 2. The van der Waals surface area contributed by atoms with E-state index < -0.39 is 17.9 Å². The van der Waals surface area contributed by atoms with Gasteiger partial charge in [-0.05, 0) is 48.7 Å². The zero-order valence-corrected chi connectivity index (χ0v) is 25.6. The van der Waals surface area contributed by atoms with Crippen LogP contribution in [0.2, 0.25) is 0 Å². The van der Waals surface area contributed by atoms with Gasteiger partial charge in [0.25, 0.3) is 0 Å². The summed E-state index contributed by atoms with van der Waals surface area (Å²) in [6, 6.07) is 29.2. The van der Waals surface area contributed by atoms with Crippen molar-refractivity contribution in [2.75, 3.05) is 25.6 Å². The zero-order chi connectivity index (χ0) is 32.0. The Morgan fingerprint density at radius 1 is 0.844 bits per heavy atom. The highest BCUT2D eigenvalue weighted by atomic mass is 19.1. The highest BCUT2D eigenvalue weighted by molar-refractivity contribution is 6.12. The molecule has 0 saturated carbocycles. The minimum Gasteiger partial charge on any atom is -0.494 e. The number of esters is 1. The predicted octanol–water partition coefficient (Wildman–Crippen LogP) is 6.72. The largest absolute Gasteiger partial charge is 0.494 e. The topological polar surface area (TPSA) is 93.7 Å². The number of hydrogen-bond acceptors (Lipinski definition) is 6. The standard InChI is InChI=1S/C37H39FN2O5/c1-3-12-30(29-15-7-9-17-32(29)38)36(42)39-23-11-24-45-28-21-19-26(20-22-28)25-34(37(43)44-2)40-33-18-10-8-16-31(33)35(41)27-13-5-4-6-14-27/h4-10,13-22,30,34,40H,3,11-12,23-25H2,1-2H3,(H,39,42). The number of para-hydroxylation sites is 1. The van der Waals surface area contributed by atoms with E-state index in [2.05, 4.69) is 10.6 Å². The number of anilines is 1. The lowest BCUT2D eigenvalue weighted by molar-refractivity contribution is -0.141. The molecule has 0 fully saturated rings. The average molecular weight is 611 g/mol. The van der Waals surface area contributed by atoms with Gasteiger partial charge in [-0.15, -0.1) is 0 Å². The Kier molecular flexibility index (Phi) is 12.3. The Bertz CT molecular complexity index is 1560. The summed E-state index contributed by atoms with van der Waals surface area (Å²) < 4.78 is 25.2. The second-order valence-corrected chi connectivity index (χ2v) is 10.7. The molecule has 0 saturated heterocycles. The molecule has 2 unspecified atom stereocenters. The Hall–Kier alpha value is -4.98. The van der Waals surface area contributed by atoms with Crippen molar-refractivity contribution in [3.05, 3.63) is 131 Å². The Morgan fingerprint density at radius 3 is 2.24 bits per heavy atom. The number of carbonyl (C=O) groups excluding carboxylic acids is 3. The maximum absolute atomic E-state index is 14.3. The van der Waals surface area contributed by atoms with Gasteiger partial charge in [-0.3, -0.25) is 9.59 Å². The van der Waals surface area contributed by atoms with Crippen molar-refractivity contribution < 1.29 is 28.2 Å². The fourth-order valence-corrected chi connectivity index (χ4v) is 5.10. The first-order chi connectivity index (χ1) is 21.9. The number of ketones is 1. The second-order valence-electron chi connectivity index (χ2n) is 10.7. The molecule has 234 valence electrons. The molecule has 1 amide bonds. The summed E-state index contributed by atoms with van der Waals surface area (Å²) in [4.78, 5) is 38.7. The predicted molar refractivity (Wildman–Crippen MR) is 173 cm³/mol. The van der Waals surface area contributed by atoms with Crippen LogP contribution in [0.3, 0.4) is 0 Å². The van der Waals surface area contributed by atoms with Gasteiger partial charge in [0.1, 0.15) is 17.6 Å². The molecule has 7 nitrogen and oxygen atoms in total. The smallest absolute Gasteiger partial charge is 0.328 e. The van der Waals surface area contributed by atoms with Crippen molar-refractivity contribution in [3.63, 3.8) is 0 Å². The molecule has 4 aromatic carbocycles. The molecule has 0 aromatic heterocycles. The molecule has 0 aliphatic rings. The minimum absolute atomic E-state index is 0.144. The number of halogens is 1. The van der Waals surface area contributed by atoms with Crippen LogP contribution in [0.4, 0.5) is 10.1 Å². The lowest BCUT2D eigenvalue weighted by Gasteiger charge is -2.20. The maximum Gasteiger partial charge on any atom is 0.328 e. The van der Waals surface area contributed by atoms with E-state index in [1.54, 1.807) is 48.5 Å². The lowest BCUT2D eigenvalue weighted by atomic mass is 9.93. The van der Waals surface area contributed by atoms with Crippen LogP contribution in [0.15, 0.2) is 103 Å². The average Bonchev–Trinajstić information content (AvgIpc) is 3.07. The van der Waals surface area contributed by atoms with E-state index in [1.807, 2.05) is 55.5 Å². The third-order valence-corrected chi connectivity index (χ3v) is 7.45. The Morgan fingerprint density at radius 2 is 1.53 bits per heavy atom. The van der Waals surface area contributed by atoms with Crippen molar-refractivity contribution in [2.24, 2.45) is 0 Å². The van der Waals surface area contributed by atoms with Gasteiger partial charge in [0.2, 0.25) is 5.91 Å². The molecule has 0 aliphatic heterocycles. The normalized spacial score (nSPS) is 12.1. The summed E-state index contributed by atoms with van der Waals surface area (Å²) in [5.41, 5.74) is 2.86. The van der Waals surface area contributed by atoms with Crippen molar-refractivity contribution in [1.29, 1.82) is 0 Å². The fraction of sp³-hybridized carbons (Fsp3) is 0.270. The zero-order valence-electron chi connectivity index (χ0n) is 25.6. The fourth-order valence-electron chi connectivity index (χ4n) is 5.10. The van der Waals surface area contributed by atoms with Crippen LogP contribution in [-0.2, 0) is 20.7 Å². The van der Waals surface area contributed by atoms with E-state index >= 15 is 0 Å². The van der Waals surface area contributed by atoms with Crippen LogP contribution in [-0.4, -0.2) is 44.0 Å². The molecule has 0 bridgehead atoms. The summed E-state index contributed by atoms with van der Waals surface area (Å²) in [5, 5.41) is 6.13. The van der Waals surface area contributed by atoms with Crippen molar-refractivity contribution >= 4 is 23.3 Å². The molecular formula is C37H39FN2O5. The SMILES string of the molecule is CCCC(C(=O)NCCCOc1ccc(CC(Nc2ccccc2C(=O)c2ccccc2)C(=O)OC)cc1)c1ccccc1F. The molecule has 2 N–H and O–H groups in total. The number of amides is 1. The summed E-state index contributed by atoms with van der Waals surface area (Å²) in [5.74, 6) is -1.01. The summed E-state index contributed by atoms with van der Waals surface area (Å²) in [7, 11) is 1.33. The first kappa shape index (κ1) is 32.9. The van der Waals surface area contributed by atoms with Crippen molar-refractivity contribution in [3.8, 4) is 5.75 Å². The quantitative estimate of drug-likeness (QED) is 0.0831.